The molecular formula is C12H18O2. The van der Waals surface area contributed by atoms with Crippen molar-refractivity contribution < 1.29 is 9.47 Å². The van der Waals surface area contributed by atoms with Crippen molar-refractivity contribution in [1.82, 2.24) is 0 Å². The summed E-state index contributed by atoms with van der Waals surface area (Å²) in [5.74, 6) is 0.926. The Labute approximate surface area is 85.8 Å². The van der Waals surface area contributed by atoms with Crippen molar-refractivity contribution in [3.8, 4) is 5.75 Å². The zero-order valence-electron chi connectivity index (χ0n) is 8.95. The molecule has 14 heavy (non-hydrogen) atoms. The molecule has 1 fully saturated rings. The summed E-state index contributed by atoms with van der Waals surface area (Å²) >= 11 is 0. The van der Waals surface area contributed by atoms with Crippen LogP contribution in [0.15, 0.2) is 24.3 Å². The van der Waals surface area contributed by atoms with Crippen molar-refractivity contribution in [2.45, 2.75) is 19.8 Å². The second-order valence-electron chi connectivity index (χ2n) is 3.34. The van der Waals surface area contributed by atoms with Crippen LogP contribution in [0, 0.1) is 6.92 Å². The molecule has 0 atom stereocenters. The van der Waals surface area contributed by atoms with E-state index >= 15 is 0 Å². The van der Waals surface area contributed by atoms with Gasteiger partial charge >= 0.3 is 0 Å². The van der Waals surface area contributed by atoms with Gasteiger partial charge in [0.1, 0.15) is 5.75 Å². The summed E-state index contributed by atoms with van der Waals surface area (Å²) in [4.78, 5) is 0. The van der Waals surface area contributed by atoms with Gasteiger partial charge in [-0.15, -0.1) is 0 Å². The summed E-state index contributed by atoms with van der Waals surface area (Å²) in [5.41, 5.74) is 1.23. The number of hydrogen-bond donors (Lipinski definition) is 0. The Hall–Kier alpha value is -1.02. The molecule has 0 bridgehead atoms. The van der Waals surface area contributed by atoms with Gasteiger partial charge in [-0.2, -0.15) is 0 Å². The number of methoxy groups -OCH3 is 1. The van der Waals surface area contributed by atoms with Crippen molar-refractivity contribution in [1.29, 1.82) is 0 Å². The summed E-state index contributed by atoms with van der Waals surface area (Å²) in [6.45, 7) is 4.04. The standard InChI is InChI=1S/C8H10O.C4H8O/c1-7-4-3-5-8(6-7)9-2;1-2-4-5-3-1/h3-6H,1-2H3;1-4H2. The van der Waals surface area contributed by atoms with Crippen molar-refractivity contribution in [3.63, 3.8) is 0 Å². The molecule has 0 N–H and O–H groups in total. The fourth-order valence-corrected chi connectivity index (χ4v) is 1.25. The third kappa shape index (κ3) is 4.28. The van der Waals surface area contributed by atoms with Gasteiger partial charge in [-0.3, -0.25) is 0 Å². The lowest BCUT2D eigenvalue weighted by molar-refractivity contribution is 0.198. The average molecular weight is 194 g/mol. The van der Waals surface area contributed by atoms with Crippen LogP contribution in [-0.2, 0) is 4.74 Å². The quantitative estimate of drug-likeness (QED) is 0.684. The maximum atomic E-state index is 5.00. The van der Waals surface area contributed by atoms with Crippen LogP contribution in [0.25, 0.3) is 0 Å². The van der Waals surface area contributed by atoms with Gasteiger partial charge in [-0.25, -0.2) is 0 Å². The number of hydrogen-bond acceptors (Lipinski definition) is 2. The molecule has 0 unspecified atom stereocenters. The van der Waals surface area contributed by atoms with Gasteiger partial charge in [0.2, 0.25) is 0 Å². The lowest BCUT2D eigenvalue weighted by Gasteiger charge is -1.97. The molecule has 0 radical (unpaired) electrons. The predicted molar refractivity (Wildman–Crippen MR) is 57.8 cm³/mol. The van der Waals surface area contributed by atoms with Crippen molar-refractivity contribution in [3.05, 3.63) is 29.8 Å². The molecule has 1 saturated heterocycles. The Bertz CT molecular complexity index is 247. The van der Waals surface area contributed by atoms with E-state index in [-0.39, 0.29) is 0 Å². The van der Waals surface area contributed by atoms with Crippen LogP contribution in [0.4, 0.5) is 0 Å². The van der Waals surface area contributed by atoms with E-state index in [0.29, 0.717) is 0 Å². The molecule has 78 valence electrons. The highest BCUT2D eigenvalue weighted by Gasteiger charge is 1.94. The minimum absolute atomic E-state index is 0.926. The molecule has 2 rings (SSSR count). The van der Waals surface area contributed by atoms with E-state index in [1.54, 1.807) is 7.11 Å². The largest absolute Gasteiger partial charge is 0.497 e. The maximum absolute atomic E-state index is 5.00. The molecule has 0 aliphatic carbocycles. The minimum Gasteiger partial charge on any atom is -0.497 e. The molecule has 0 amide bonds. The van der Waals surface area contributed by atoms with Crippen LogP contribution >= 0.6 is 0 Å². The first kappa shape index (κ1) is 11.1. The summed E-state index contributed by atoms with van der Waals surface area (Å²) in [6, 6.07) is 7.96. The Morgan fingerprint density at radius 2 is 1.93 bits per heavy atom. The first-order valence-electron chi connectivity index (χ1n) is 5.01. The first-order valence-corrected chi connectivity index (χ1v) is 5.01. The fourth-order valence-electron chi connectivity index (χ4n) is 1.25. The third-order valence-electron chi connectivity index (χ3n) is 2.05. The van der Waals surface area contributed by atoms with Crippen LogP contribution in [0.3, 0.4) is 0 Å². The van der Waals surface area contributed by atoms with Gasteiger partial charge in [0, 0.05) is 13.2 Å². The van der Waals surface area contributed by atoms with Crippen molar-refractivity contribution >= 4 is 0 Å². The van der Waals surface area contributed by atoms with E-state index < -0.39 is 0 Å². The molecule has 1 aliphatic rings. The molecular weight excluding hydrogens is 176 g/mol. The lowest BCUT2D eigenvalue weighted by Crippen LogP contribution is -1.81. The van der Waals surface area contributed by atoms with Gasteiger partial charge in [-0.05, 0) is 37.5 Å². The lowest BCUT2D eigenvalue weighted by atomic mass is 10.2. The van der Waals surface area contributed by atoms with Gasteiger partial charge in [0.05, 0.1) is 7.11 Å². The molecule has 0 spiro atoms. The highest BCUT2D eigenvalue weighted by molar-refractivity contribution is 5.27. The molecule has 1 aromatic rings. The zero-order chi connectivity index (χ0) is 10.2. The topological polar surface area (TPSA) is 18.5 Å². The number of rotatable bonds is 1. The molecule has 2 nitrogen and oxygen atoms in total. The fraction of sp³-hybridized carbons (Fsp3) is 0.500. The predicted octanol–water partition coefficient (Wildman–Crippen LogP) is 2.80. The van der Waals surface area contributed by atoms with E-state index in [1.165, 1.54) is 18.4 Å². The third-order valence-corrected chi connectivity index (χ3v) is 2.05. The number of aryl methyl sites for hydroxylation is 1. The summed E-state index contributed by atoms with van der Waals surface area (Å²) in [7, 11) is 1.68. The second-order valence-corrected chi connectivity index (χ2v) is 3.34. The SMILES string of the molecule is C1CCOC1.COc1cccc(C)c1. The van der Waals surface area contributed by atoms with Gasteiger partial charge in [-0.1, -0.05) is 12.1 Å². The molecule has 0 saturated carbocycles. The highest BCUT2D eigenvalue weighted by atomic mass is 16.5. The first-order chi connectivity index (χ1) is 6.83. The normalized spacial score (nSPS) is 14.4. The number of benzene rings is 1. The van der Waals surface area contributed by atoms with E-state index in [2.05, 4.69) is 0 Å². The van der Waals surface area contributed by atoms with Gasteiger partial charge in [0.25, 0.3) is 0 Å². The summed E-state index contributed by atoms with van der Waals surface area (Å²) < 4.78 is 9.94. The second kappa shape index (κ2) is 6.44. The molecule has 1 aromatic carbocycles. The van der Waals surface area contributed by atoms with Gasteiger partial charge < -0.3 is 9.47 Å². The minimum atomic E-state index is 0.926. The van der Waals surface area contributed by atoms with Crippen LogP contribution < -0.4 is 4.74 Å². The smallest absolute Gasteiger partial charge is 0.119 e. The monoisotopic (exact) mass is 194 g/mol. The Morgan fingerprint density at radius 1 is 1.21 bits per heavy atom. The van der Waals surface area contributed by atoms with Crippen molar-refractivity contribution in [2.75, 3.05) is 20.3 Å². The number of ether oxygens (including phenoxy) is 2. The van der Waals surface area contributed by atoms with E-state index in [0.717, 1.165) is 19.0 Å². The van der Waals surface area contributed by atoms with Crippen LogP contribution in [0.1, 0.15) is 18.4 Å². The van der Waals surface area contributed by atoms with Gasteiger partial charge in [0.15, 0.2) is 0 Å². The van der Waals surface area contributed by atoms with Crippen LogP contribution in [0.2, 0.25) is 0 Å². The highest BCUT2D eigenvalue weighted by Crippen LogP contribution is 2.10. The summed E-state index contributed by atoms with van der Waals surface area (Å²) in [6.07, 6.45) is 2.56. The molecule has 1 heterocycles. The molecule has 1 aliphatic heterocycles. The van der Waals surface area contributed by atoms with Crippen LogP contribution in [0.5, 0.6) is 5.75 Å². The van der Waals surface area contributed by atoms with E-state index in [1.807, 2.05) is 31.2 Å². The van der Waals surface area contributed by atoms with Crippen molar-refractivity contribution in [2.24, 2.45) is 0 Å². The Kier molecular flexibility index (Phi) is 5.08. The Morgan fingerprint density at radius 3 is 2.29 bits per heavy atom. The zero-order valence-corrected chi connectivity index (χ0v) is 8.95. The van der Waals surface area contributed by atoms with E-state index in [4.69, 9.17) is 9.47 Å². The average Bonchev–Trinajstić information content (AvgIpc) is 2.75. The maximum Gasteiger partial charge on any atom is 0.119 e. The molecule has 0 aromatic heterocycles. The molecule has 2 heteroatoms. The van der Waals surface area contributed by atoms with Crippen LogP contribution in [-0.4, -0.2) is 20.3 Å². The van der Waals surface area contributed by atoms with E-state index in [9.17, 15) is 0 Å². The summed E-state index contributed by atoms with van der Waals surface area (Å²) in [5, 5.41) is 0. The Balaban J connectivity index is 0.000000165.